The van der Waals surface area contributed by atoms with Crippen LogP contribution in [0.3, 0.4) is 0 Å². The minimum Gasteiger partial charge on any atom is -0.356 e. The molecule has 0 aliphatic rings. The monoisotopic (exact) mass is 432 g/mol. The Morgan fingerprint density at radius 1 is 0.938 bits per heavy atom. The molecule has 0 aliphatic heterocycles. The Morgan fingerprint density at radius 3 is 2.03 bits per heavy atom. The van der Waals surface area contributed by atoms with Gasteiger partial charge in [-0.1, -0.05) is 60.7 Å². The van der Waals surface area contributed by atoms with Gasteiger partial charge in [-0.25, -0.2) is 0 Å². The number of aromatic nitrogens is 2. The maximum Gasteiger partial charge on any atom is 0.191 e. The highest BCUT2D eigenvalue weighted by molar-refractivity contribution is 5.79. The van der Waals surface area contributed by atoms with Crippen LogP contribution < -0.4 is 10.6 Å². The lowest BCUT2D eigenvalue weighted by molar-refractivity contribution is 0.254. The van der Waals surface area contributed by atoms with Gasteiger partial charge in [0.05, 0.1) is 5.69 Å². The third-order valence-corrected chi connectivity index (χ3v) is 5.76. The molecule has 3 rings (SSSR count). The van der Waals surface area contributed by atoms with E-state index in [1.54, 1.807) is 0 Å². The summed E-state index contributed by atoms with van der Waals surface area (Å²) >= 11 is 0. The lowest BCUT2D eigenvalue weighted by Gasteiger charge is -2.23. The van der Waals surface area contributed by atoms with E-state index in [1.807, 2.05) is 25.7 Å². The number of rotatable bonds is 10. The molecule has 2 aromatic carbocycles. The first-order valence-corrected chi connectivity index (χ1v) is 11.3. The second-order valence-electron chi connectivity index (χ2n) is 8.16. The molecule has 0 bridgehead atoms. The number of guanidine groups is 1. The van der Waals surface area contributed by atoms with Gasteiger partial charge in [-0.05, 0) is 31.4 Å². The second-order valence-corrected chi connectivity index (χ2v) is 8.16. The molecule has 0 aliphatic carbocycles. The zero-order valence-corrected chi connectivity index (χ0v) is 19.8. The van der Waals surface area contributed by atoms with Gasteiger partial charge in [-0.15, -0.1) is 0 Å². The highest BCUT2D eigenvalue weighted by Gasteiger charge is 2.10. The van der Waals surface area contributed by atoms with Crippen molar-refractivity contribution in [2.45, 2.75) is 39.9 Å². The number of aryl methyl sites for hydroxylation is 2. The van der Waals surface area contributed by atoms with E-state index in [1.165, 1.54) is 22.4 Å². The molecule has 170 valence electrons. The van der Waals surface area contributed by atoms with Gasteiger partial charge < -0.3 is 10.6 Å². The van der Waals surface area contributed by atoms with Crippen LogP contribution in [0.1, 0.15) is 34.5 Å². The van der Waals surface area contributed by atoms with Crippen molar-refractivity contribution in [2.75, 3.05) is 20.1 Å². The van der Waals surface area contributed by atoms with E-state index in [2.05, 4.69) is 93.2 Å². The zero-order chi connectivity index (χ0) is 22.8. The Bertz CT molecular complexity index is 937. The molecule has 0 radical (unpaired) electrons. The van der Waals surface area contributed by atoms with Crippen LogP contribution in [0.4, 0.5) is 0 Å². The predicted octanol–water partition coefficient (Wildman–Crippen LogP) is 3.79. The average Bonchev–Trinajstić information content (AvgIpc) is 3.05. The number of hydrogen-bond donors (Lipinski definition) is 2. The van der Waals surface area contributed by atoms with Gasteiger partial charge >= 0.3 is 0 Å². The summed E-state index contributed by atoms with van der Waals surface area (Å²) in [5, 5.41) is 11.4. The third kappa shape index (κ3) is 6.95. The highest BCUT2D eigenvalue weighted by Crippen LogP contribution is 2.12. The molecule has 1 aromatic heterocycles. The Balaban J connectivity index is 1.49. The van der Waals surface area contributed by atoms with E-state index in [4.69, 9.17) is 0 Å². The van der Waals surface area contributed by atoms with E-state index in [0.29, 0.717) is 0 Å². The fourth-order valence-corrected chi connectivity index (χ4v) is 3.87. The quantitative estimate of drug-likeness (QED) is 0.291. The van der Waals surface area contributed by atoms with Gasteiger partial charge in [0.15, 0.2) is 5.96 Å². The number of benzene rings is 2. The van der Waals surface area contributed by atoms with Gasteiger partial charge in [0.25, 0.3) is 0 Å². The summed E-state index contributed by atoms with van der Waals surface area (Å²) in [5.41, 5.74) is 6.16. The van der Waals surface area contributed by atoms with Crippen molar-refractivity contribution in [3.8, 4) is 0 Å². The van der Waals surface area contributed by atoms with E-state index in [0.717, 1.165) is 50.8 Å². The lowest BCUT2D eigenvalue weighted by atomic mass is 10.1. The van der Waals surface area contributed by atoms with Crippen LogP contribution in [0.15, 0.2) is 65.7 Å². The molecule has 6 nitrogen and oxygen atoms in total. The van der Waals surface area contributed by atoms with E-state index >= 15 is 0 Å². The van der Waals surface area contributed by atoms with Crippen LogP contribution in [-0.4, -0.2) is 40.8 Å². The minimum absolute atomic E-state index is 0.722. The summed E-state index contributed by atoms with van der Waals surface area (Å²) in [7, 11) is 3.80. The fourth-order valence-electron chi connectivity index (χ4n) is 3.87. The van der Waals surface area contributed by atoms with Crippen molar-refractivity contribution in [1.29, 1.82) is 0 Å². The number of hydrogen-bond acceptors (Lipinski definition) is 3. The van der Waals surface area contributed by atoms with Crippen molar-refractivity contribution in [2.24, 2.45) is 12.0 Å². The predicted molar refractivity (Wildman–Crippen MR) is 132 cm³/mol. The zero-order valence-electron chi connectivity index (χ0n) is 19.8. The van der Waals surface area contributed by atoms with Crippen molar-refractivity contribution in [3.05, 3.63) is 88.7 Å². The van der Waals surface area contributed by atoms with Crippen molar-refractivity contribution in [3.63, 3.8) is 0 Å². The summed E-state index contributed by atoms with van der Waals surface area (Å²) in [6, 6.07) is 21.4. The fraction of sp³-hybridized carbons (Fsp3) is 0.385. The Hall–Kier alpha value is -3.12. The number of nitrogens with zero attached hydrogens (tertiary/aromatic N) is 4. The summed E-state index contributed by atoms with van der Waals surface area (Å²) < 4.78 is 1.93. The summed E-state index contributed by atoms with van der Waals surface area (Å²) in [5.74, 6) is 0.824. The summed E-state index contributed by atoms with van der Waals surface area (Å²) in [4.78, 5) is 6.88. The second kappa shape index (κ2) is 12.1. The lowest BCUT2D eigenvalue weighted by Crippen LogP contribution is -2.38. The first kappa shape index (κ1) is 23.5. The largest absolute Gasteiger partial charge is 0.356 e. The maximum absolute atomic E-state index is 4.49. The van der Waals surface area contributed by atoms with Crippen LogP contribution in [0.25, 0.3) is 0 Å². The summed E-state index contributed by atoms with van der Waals surface area (Å²) in [6.45, 7) is 8.64. The first-order chi connectivity index (χ1) is 15.6. The molecule has 32 heavy (non-hydrogen) atoms. The molecule has 0 saturated heterocycles. The van der Waals surface area contributed by atoms with Crippen LogP contribution in [0, 0.1) is 13.8 Å². The molecule has 6 heteroatoms. The average molecular weight is 433 g/mol. The maximum atomic E-state index is 4.49. The van der Waals surface area contributed by atoms with E-state index in [-0.39, 0.29) is 0 Å². The SMILES string of the molecule is CN=C(NCCCN(Cc1ccccc1)Cc1ccccc1)NCc1c(C)nn(C)c1C. The number of nitrogens with one attached hydrogen (secondary N) is 2. The molecule has 0 spiro atoms. The molecule has 0 amide bonds. The molecular formula is C26H36N6. The summed E-state index contributed by atoms with van der Waals surface area (Å²) in [6.07, 6.45) is 1.03. The highest BCUT2D eigenvalue weighted by atomic mass is 15.3. The Labute approximate surface area is 192 Å². The molecule has 0 saturated carbocycles. The van der Waals surface area contributed by atoms with Gasteiger partial charge in [-0.3, -0.25) is 14.6 Å². The van der Waals surface area contributed by atoms with Gasteiger partial charge in [0.2, 0.25) is 0 Å². The first-order valence-electron chi connectivity index (χ1n) is 11.3. The Morgan fingerprint density at radius 2 is 1.53 bits per heavy atom. The van der Waals surface area contributed by atoms with Crippen LogP contribution >= 0.6 is 0 Å². The molecular weight excluding hydrogens is 396 g/mol. The van der Waals surface area contributed by atoms with Crippen molar-refractivity contribution in [1.82, 2.24) is 25.3 Å². The third-order valence-electron chi connectivity index (χ3n) is 5.76. The smallest absolute Gasteiger partial charge is 0.191 e. The van der Waals surface area contributed by atoms with E-state index in [9.17, 15) is 0 Å². The molecule has 2 N–H and O–H groups in total. The molecule has 3 aromatic rings. The van der Waals surface area contributed by atoms with Crippen molar-refractivity contribution < 1.29 is 0 Å². The van der Waals surface area contributed by atoms with Crippen LogP contribution in [-0.2, 0) is 26.7 Å². The van der Waals surface area contributed by atoms with Gasteiger partial charge in [0, 0.05) is 58.1 Å². The molecule has 1 heterocycles. The van der Waals surface area contributed by atoms with E-state index < -0.39 is 0 Å². The normalized spacial score (nSPS) is 11.7. The number of aliphatic imine (C=N–C) groups is 1. The van der Waals surface area contributed by atoms with Gasteiger partial charge in [0.1, 0.15) is 0 Å². The standard InChI is InChI=1S/C26H36N6/c1-21-25(22(2)31(4)30-21)18-29-26(27-3)28-16-11-17-32(19-23-12-7-5-8-13-23)20-24-14-9-6-10-15-24/h5-10,12-15H,11,16-20H2,1-4H3,(H2,27,28,29). The Kier molecular flexibility index (Phi) is 8.87. The molecule has 0 fully saturated rings. The van der Waals surface area contributed by atoms with Crippen LogP contribution in [0.5, 0.6) is 0 Å². The van der Waals surface area contributed by atoms with Crippen LogP contribution in [0.2, 0.25) is 0 Å². The topological polar surface area (TPSA) is 57.5 Å². The molecule has 0 atom stereocenters. The molecule has 0 unspecified atom stereocenters. The van der Waals surface area contributed by atoms with Crippen molar-refractivity contribution >= 4 is 5.96 Å². The van der Waals surface area contributed by atoms with Gasteiger partial charge in [-0.2, -0.15) is 5.10 Å². The minimum atomic E-state index is 0.722.